The highest BCUT2D eigenvalue weighted by Gasteiger charge is 2.09. The molecule has 1 amide bonds. The summed E-state index contributed by atoms with van der Waals surface area (Å²) in [6, 6.07) is 15.5. The number of rotatable bonds is 7. The summed E-state index contributed by atoms with van der Waals surface area (Å²) in [5.41, 5.74) is 3.19. The van der Waals surface area contributed by atoms with Crippen molar-refractivity contribution in [2.45, 2.75) is 20.3 Å². The summed E-state index contributed by atoms with van der Waals surface area (Å²) in [6.45, 7) is 4.39. The Morgan fingerprint density at radius 1 is 1.12 bits per heavy atom. The van der Waals surface area contributed by atoms with E-state index < -0.39 is 0 Å². The Morgan fingerprint density at radius 2 is 1.92 bits per heavy atom. The molecule has 0 spiro atoms. The predicted octanol–water partition coefficient (Wildman–Crippen LogP) is 3.09. The summed E-state index contributed by atoms with van der Waals surface area (Å²) in [5.74, 6) is 1.52. The third kappa shape index (κ3) is 4.92. The van der Waals surface area contributed by atoms with E-state index in [1.54, 1.807) is 0 Å². The lowest BCUT2D eigenvalue weighted by molar-refractivity contribution is -0.123. The Kier molecular flexibility index (Phi) is 5.63. The van der Waals surface area contributed by atoms with Crippen LogP contribution in [-0.4, -0.2) is 29.2 Å². The summed E-state index contributed by atoms with van der Waals surface area (Å²) in [6.07, 6.45) is 0.467. The molecule has 6 nitrogen and oxygen atoms in total. The molecule has 1 aromatic heterocycles. The molecule has 0 aliphatic rings. The molecule has 0 radical (unpaired) electrons. The number of benzene rings is 2. The van der Waals surface area contributed by atoms with E-state index in [0.29, 0.717) is 30.4 Å². The number of nitrogens with zero attached hydrogens (tertiary/aromatic N) is 2. The van der Waals surface area contributed by atoms with Crippen LogP contribution in [-0.2, 0) is 11.2 Å². The molecule has 1 heterocycles. The SMILES string of the molecule is Cc1ccc(OCC(=O)NCCc2nc(-c3cccc(C)c3)no2)cc1. The number of carbonyl (C=O) groups is 1. The monoisotopic (exact) mass is 351 g/mol. The first-order valence-corrected chi connectivity index (χ1v) is 8.46. The van der Waals surface area contributed by atoms with Gasteiger partial charge in [-0.05, 0) is 32.0 Å². The maximum atomic E-state index is 11.8. The van der Waals surface area contributed by atoms with Crippen LogP contribution in [0.15, 0.2) is 53.1 Å². The minimum Gasteiger partial charge on any atom is -0.484 e. The smallest absolute Gasteiger partial charge is 0.257 e. The highest BCUT2D eigenvalue weighted by atomic mass is 16.5. The lowest BCUT2D eigenvalue weighted by atomic mass is 10.1. The predicted molar refractivity (Wildman–Crippen MR) is 97.9 cm³/mol. The summed E-state index contributed by atoms with van der Waals surface area (Å²) in [5, 5.41) is 6.76. The van der Waals surface area contributed by atoms with Gasteiger partial charge < -0.3 is 14.6 Å². The Bertz CT molecular complexity index is 872. The van der Waals surface area contributed by atoms with Crippen LogP contribution in [0.5, 0.6) is 5.75 Å². The Hall–Kier alpha value is -3.15. The Morgan fingerprint density at radius 3 is 2.69 bits per heavy atom. The van der Waals surface area contributed by atoms with Gasteiger partial charge in [-0.2, -0.15) is 4.98 Å². The van der Waals surface area contributed by atoms with E-state index in [0.717, 1.165) is 16.7 Å². The average molecular weight is 351 g/mol. The van der Waals surface area contributed by atoms with E-state index in [-0.39, 0.29) is 12.5 Å². The second-order valence-electron chi connectivity index (χ2n) is 6.08. The third-order valence-electron chi connectivity index (χ3n) is 3.80. The van der Waals surface area contributed by atoms with Crippen LogP contribution < -0.4 is 10.1 Å². The first-order chi connectivity index (χ1) is 12.6. The quantitative estimate of drug-likeness (QED) is 0.708. The Labute approximate surface area is 152 Å². The zero-order chi connectivity index (χ0) is 18.4. The molecule has 0 aliphatic heterocycles. The molecule has 0 unspecified atom stereocenters. The van der Waals surface area contributed by atoms with Crippen molar-refractivity contribution < 1.29 is 14.1 Å². The molecule has 6 heteroatoms. The van der Waals surface area contributed by atoms with E-state index >= 15 is 0 Å². The third-order valence-corrected chi connectivity index (χ3v) is 3.80. The molecule has 0 atom stereocenters. The number of aryl methyl sites for hydroxylation is 2. The van der Waals surface area contributed by atoms with Gasteiger partial charge in [-0.1, -0.05) is 46.6 Å². The van der Waals surface area contributed by atoms with Gasteiger partial charge in [0.15, 0.2) is 6.61 Å². The molecule has 0 saturated carbocycles. The molecule has 134 valence electrons. The minimum atomic E-state index is -0.191. The lowest BCUT2D eigenvalue weighted by Crippen LogP contribution is -2.30. The fourth-order valence-corrected chi connectivity index (χ4v) is 2.40. The molecule has 2 aromatic carbocycles. The second kappa shape index (κ2) is 8.29. The molecular formula is C20H21N3O3. The van der Waals surface area contributed by atoms with Gasteiger partial charge in [-0.3, -0.25) is 4.79 Å². The van der Waals surface area contributed by atoms with Crippen LogP contribution in [0.4, 0.5) is 0 Å². The number of carbonyl (C=O) groups excluding carboxylic acids is 1. The van der Waals surface area contributed by atoms with Crippen molar-refractivity contribution in [3.63, 3.8) is 0 Å². The fourth-order valence-electron chi connectivity index (χ4n) is 2.40. The number of ether oxygens (including phenoxy) is 1. The fraction of sp³-hybridized carbons (Fsp3) is 0.250. The zero-order valence-corrected chi connectivity index (χ0v) is 14.9. The van der Waals surface area contributed by atoms with Crippen LogP contribution in [0, 0.1) is 13.8 Å². The van der Waals surface area contributed by atoms with Crippen molar-refractivity contribution in [3.05, 3.63) is 65.5 Å². The van der Waals surface area contributed by atoms with E-state index in [4.69, 9.17) is 9.26 Å². The van der Waals surface area contributed by atoms with Gasteiger partial charge in [-0.25, -0.2) is 0 Å². The molecule has 0 aliphatic carbocycles. The summed E-state index contributed by atoms with van der Waals surface area (Å²) < 4.78 is 10.7. The largest absolute Gasteiger partial charge is 0.484 e. The number of hydrogen-bond donors (Lipinski definition) is 1. The number of amides is 1. The van der Waals surface area contributed by atoms with Crippen LogP contribution in [0.2, 0.25) is 0 Å². The summed E-state index contributed by atoms with van der Waals surface area (Å²) in [7, 11) is 0. The van der Waals surface area contributed by atoms with Crippen LogP contribution >= 0.6 is 0 Å². The van der Waals surface area contributed by atoms with Gasteiger partial charge in [0.2, 0.25) is 11.7 Å². The van der Waals surface area contributed by atoms with Crippen molar-refractivity contribution in [2.24, 2.45) is 0 Å². The minimum absolute atomic E-state index is 0.0264. The van der Waals surface area contributed by atoms with Gasteiger partial charge in [0, 0.05) is 18.5 Å². The molecule has 0 saturated heterocycles. The van der Waals surface area contributed by atoms with E-state index in [9.17, 15) is 4.79 Å². The summed E-state index contributed by atoms with van der Waals surface area (Å²) >= 11 is 0. The van der Waals surface area contributed by atoms with Gasteiger partial charge in [-0.15, -0.1) is 0 Å². The second-order valence-corrected chi connectivity index (χ2v) is 6.08. The van der Waals surface area contributed by atoms with Gasteiger partial charge in [0.25, 0.3) is 5.91 Å². The van der Waals surface area contributed by atoms with Crippen LogP contribution in [0.1, 0.15) is 17.0 Å². The van der Waals surface area contributed by atoms with Crippen molar-refractivity contribution in [1.82, 2.24) is 15.5 Å². The van der Waals surface area contributed by atoms with E-state index in [1.165, 1.54) is 0 Å². The van der Waals surface area contributed by atoms with Crippen molar-refractivity contribution >= 4 is 5.91 Å². The molecule has 0 bridgehead atoms. The average Bonchev–Trinajstić information content (AvgIpc) is 3.10. The highest BCUT2D eigenvalue weighted by molar-refractivity contribution is 5.77. The van der Waals surface area contributed by atoms with Crippen molar-refractivity contribution in [3.8, 4) is 17.1 Å². The highest BCUT2D eigenvalue weighted by Crippen LogP contribution is 2.17. The van der Waals surface area contributed by atoms with Crippen molar-refractivity contribution in [2.75, 3.05) is 13.2 Å². The topological polar surface area (TPSA) is 77.2 Å². The van der Waals surface area contributed by atoms with Gasteiger partial charge >= 0.3 is 0 Å². The van der Waals surface area contributed by atoms with Crippen molar-refractivity contribution in [1.29, 1.82) is 0 Å². The molecule has 1 N–H and O–H groups in total. The summed E-state index contributed by atoms with van der Waals surface area (Å²) in [4.78, 5) is 16.2. The first kappa shape index (κ1) is 17.7. The lowest BCUT2D eigenvalue weighted by Gasteiger charge is -2.06. The van der Waals surface area contributed by atoms with E-state index in [1.807, 2.05) is 62.4 Å². The molecule has 0 fully saturated rings. The number of aromatic nitrogens is 2. The zero-order valence-electron chi connectivity index (χ0n) is 14.9. The first-order valence-electron chi connectivity index (χ1n) is 8.46. The van der Waals surface area contributed by atoms with Gasteiger partial charge in [0.05, 0.1) is 0 Å². The van der Waals surface area contributed by atoms with Gasteiger partial charge in [0.1, 0.15) is 5.75 Å². The normalized spacial score (nSPS) is 10.5. The maximum absolute atomic E-state index is 11.8. The molecule has 3 rings (SSSR count). The van der Waals surface area contributed by atoms with E-state index in [2.05, 4.69) is 15.5 Å². The molecule has 3 aromatic rings. The molecule has 26 heavy (non-hydrogen) atoms. The van der Waals surface area contributed by atoms with Crippen LogP contribution in [0.3, 0.4) is 0 Å². The number of nitrogens with one attached hydrogen (secondary N) is 1. The Balaban J connectivity index is 1.43. The standard InChI is InChI=1S/C20H21N3O3/c1-14-6-8-17(9-7-14)25-13-18(24)21-11-10-19-22-20(23-26-19)16-5-3-4-15(2)12-16/h3-9,12H,10-11,13H2,1-2H3,(H,21,24). The van der Waals surface area contributed by atoms with Crippen LogP contribution in [0.25, 0.3) is 11.4 Å². The maximum Gasteiger partial charge on any atom is 0.257 e. The number of hydrogen-bond acceptors (Lipinski definition) is 5. The molecular weight excluding hydrogens is 330 g/mol.